The molecule has 1 aliphatic carbocycles. The minimum absolute atomic E-state index is 0.104. The number of esters is 1. The number of rotatable bonds is 9. The molecule has 4 rings (SSSR count). The maximum Gasteiger partial charge on any atom is 0.337 e. The van der Waals surface area contributed by atoms with E-state index in [0.717, 1.165) is 11.7 Å². The van der Waals surface area contributed by atoms with Crippen LogP contribution < -0.4 is 10.6 Å². The van der Waals surface area contributed by atoms with E-state index in [-0.39, 0.29) is 18.7 Å². The molecule has 1 aliphatic rings. The van der Waals surface area contributed by atoms with E-state index < -0.39 is 13.9 Å². The Morgan fingerprint density at radius 1 is 0.941 bits per heavy atom. The van der Waals surface area contributed by atoms with Gasteiger partial charge in [0.05, 0.1) is 31.5 Å². The molecule has 3 aromatic carbocycles. The second-order valence-electron chi connectivity index (χ2n) is 8.15. The molecule has 0 saturated heterocycles. The van der Waals surface area contributed by atoms with Crippen LogP contribution in [0.15, 0.2) is 108 Å². The number of methoxy groups -OCH3 is 1. The van der Waals surface area contributed by atoms with Crippen molar-refractivity contribution in [3.63, 3.8) is 0 Å². The molecule has 0 fully saturated rings. The second-order valence-corrected chi connectivity index (χ2v) is 11.6. The van der Waals surface area contributed by atoms with E-state index in [9.17, 15) is 9.18 Å². The number of carbonyl (C=O) groups excluding carboxylic acids is 1. The summed E-state index contributed by atoms with van der Waals surface area (Å²) in [5.41, 5.74) is 1.69. The van der Waals surface area contributed by atoms with Gasteiger partial charge < -0.3 is 9.47 Å². The van der Waals surface area contributed by atoms with Crippen molar-refractivity contribution in [1.82, 2.24) is 0 Å². The van der Waals surface area contributed by atoms with Crippen LogP contribution in [0, 0.1) is 0 Å². The fourth-order valence-corrected chi connectivity index (χ4v) is 8.74. The van der Waals surface area contributed by atoms with Gasteiger partial charge in [0, 0.05) is 0 Å². The highest BCUT2D eigenvalue weighted by molar-refractivity contribution is 7.92. The third-order valence-electron chi connectivity index (χ3n) is 6.08. The van der Waals surface area contributed by atoms with Crippen molar-refractivity contribution in [3.05, 3.63) is 120 Å². The topological polar surface area (TPSA) is 35.5 Å². The van der Waals surface area contributed by atoms with Crippen LogP contribution in [0.3, 0.4) is 0 Å². The third kappa shape index (κ3) is 5.19. The summed E-state index contributed by atoms with van der Waals surface area (Å²) < 4.78 is 23.1. The van der Waals surface area contributed by atoms with Crippen LogP contribution >= 0.6 is 7.26 Å². The molecule has 174 valence electrons. The molecule has 0 radical (unpaired) electrons. The molecule has 0 aliphatic heterocycles. The smallest absolute Gasteiger partial charge is 0.337 e. The van der Waals surface area contributed by atoms with E-state index in [4.69, 9.17) is 9.47 Å². The highest BCUT2D eigenvalue weighted by Crippen LogP contribution is 2.66. The first-order chi connectivity index (χ1) is 16.7. The molecule has 5 heteroatoms. The van der Waals surface area contributed by atoms with Crippen molar-refractivity contribution in [2.24, 2.45) is 0 Å². The standard InChI is InChI=1S/C29H29FO3P/c1-32-29(31)24-14-12-23(13-15-24)22-34(26-8-4-2-5-9-26,27-10-6-3-7-11-27)28-18-16-25(17-19-28)33-21-20-30/h2-16,18-19,25H,17,20-22H2,1H3/q+1. The van der Waals surface area contributed by atoms with Crippen molar-refractivity contribution in [3.8, 4) is 0 Å². The SMILES string of the molecule is COC(=O)c1ccc(C[P+](C2=CCC(OCCF)C=C2)(c2ccccc2)c2ccccc2)cc1. The van der Waals surface area contributed by atoms with Crippen LogP contribution in [0.25, 0.3) is 0 Å². The number of allylic oxidation sites excluding steroid dienone is 2. The quantitative estimate of drug-likeness (QED) is 0.288. The molecule has 1 atom stereocenters. The molecule has 0 saturated carbocycles. The summed E-state index contributed by atoms with van der Waals surface area (Å²) in [5.74, 6) is -0.337. The van der Waals surface area contributed by atoms with Gasteiger partial charge in [-0.2, -0.15) is 0 Å². The normalized spacial score (nSPS) is 15.6. The predicted molar refractivity (Wildman–Crippen MR) is 138 cm³/mol. The number of ether oxygens (including phenoxy) is 2. The van der Waals surface area contributed by atoms with Crippen molar-refractivity contribution >= 4 is 23.8 Å². The zero-order chi connectivity index (χ0) is 23.8. The molecular formula is C29H29FO3P+. The monoisotopic (exact) mass is 475 g/mol. The van der Waals surface area contributed by atoms with E-state index in [0.29, 0.717) is 12.0 Å². The number of carbonyl (C=O) groups is 1. The summed E-state index contributed by atoms with van der Waals surface area (Å²) in [5, 5.41) is 3.86. The van der Waals surface area contributed by atoms with E-state index in [2.05, 4.69) is 66.8 Å². The zero-order valence-corrected chi connectivity index (χ0v) is 20.2. The van der Waals surface area contributed by atoms with Gasteiger partial charge in [0.25, 0.3) is 0 Å². The lowest BCUT2D eigenvalue weighted by atomic mass is 10.1. The van der Waals surface area contributed by atoms with Crippen molar-refractivity contribution in [2.75, 3.05) is 20.4 Å². The van der Waals surface area contributed by atoms with Crippen molar-refractivity contribution in [1.29, 1.82) is 0 Å². The molecule has 0 aromatic heterocycles. The van der Waals surface area contributed by atoms with Crippen molar-refractivity contribution in [2.45, 2.75) is 18.7 Å². The molecule has 0 bridgehead atoms. The minimum Gasteiger partial charge on any atom is -0.465 e. The first kappa shape index (κ1) is 24.1. The Balaban J connectivity index is 1.81. The lowest BCUT2D eigenvalue weighted by Gasteiger charge is -2.30. The molecular weight excluding hydrogens is 446 g/mol. The van der Waals surface area contributed by atoms with Gasteiger partial charge in [0.15, 0.2) is 0 Å². The first-order valence-corrected chi connectivity index (χ1v) is 13.4. The van der Waals surface area contributed by atoms with Crippen LogP contribution in [0.1, 0.15) is 22.3 Å². The molecule has 0 spiro atoms. The van der Waals surface area contributed by atoms with Gasteiger partial charge in [-0.25, -0.2) is 9.18 Å². The average molecular weight is 476 g/mol. The Labute approximate surface area is 201 Å². The number of benzene rings is 3. The highest BCUT2D eigenvalue weighted by atomic mass is 31.2. The number of halogens is 1. The lowest BCUT2D eigenvalue weighted by Crippen LogP contribution is -2.26. The van der Waals surface area contributed by atoms with Gasteiger partial charge in [0.2, 0.25) is 0 Å². The predicted octanol–water partition coefficient (Wildman–Crippen LogP) is 5.84. The second kappa shape index (κ2) is 11.4. The lowest BCUT2D eigenvalue weighted by molar-refractivity contribution is 0.0600. The van der Waals surface area contributed by atoms with E-state index >= 15 is 0 Å². The van der Waals surface area contributed by atoms with Crippen LogP contribution in [0.4, 0.5) is 4.39 Å². The van der Waals surface area contributed by atoms with E-state index in [1.807, 2.05) is 36.4 Å². The van der Waals surface area contributed by atoms with Crippen molar-refractivity contribution < 1.29 is 18.7 Å². The Hall–Kier alpha value is -3.07. The van der Waals surface area contributed by atoms with Gasteiger partial charge in [-0.3, -0.25) is 0 Å². The van der Waals surface area contributed by atoms with Crippen LogP contribution in [-0.2, 0) is 15.6 Å². The maximum atomic E-state index is 12.6. The number of hydrogen-bond donors (Lipinski definition) is 0. The average Bonchev–Trinajstić information content (AvgIpc) is 2.92. The Bertz CT molecular complexity index is 1100. The largest absolute Gasteiger partial charge is 0.465 e. The fourth-order valence-electron chi connectivity index (χ4n) is 4.42. The van der Waals surface area contributed by atoms with Gasteiger partial charge >= 0.3 is 5.97 Å². The van der Waals surface area contributed by atoms with Crippen LogP contribution in [-0.4, -0.2) is 32.5 Å². The molecule has 0 amide bonds. The van der Waals surface area contributed by atoms with Gasteiger partial charge in [-0.15, -0.1) is 0 Å². The molecule has 0 N–H and O–H groups in total. The third-order valence-corrected chi connectivity index (χ3v) is 10.5. The van der Waals surface area contributed by atoms with Gasteiger partial charge in [0.1, 0.15) is 29.9 Å². The zero-order valence-electron chi connectivity index (χ0n) is 19.3. The number of alkyl halides is 1. The summed E-state index contributed by atoms with van der Waals surface area (Å²) >= 11 is 0. The molecule has 0 heterocycles. The Morgan fingerprint density at radius 3 is 2.06 bits per heavy atom. The first-order valence-electron chi connectivity index (χ1n) is 11.4. The summed E-state index contributed by atoms with van der Waals surface area (Å²) in [6, 6.07) is 29.0. The van der Waals surface area contributed by atoms with Crippen LogP contribution in [0.2, 0.25) is 0 Å². The molecule has 3 aromatic rings. The molecule has 34 heavy (non-hydrogen) atoms. The minimum atomic E-state index is -2.07. The summed E-state index contributed by atoms with van der Waals surface area (Å²) in [7, 11) is -0.675. The molecule has 1 unspecified atom stereocenters. The van der Waals surface area contributed by atoms with E-state index in [1.165, 1.54) is 23.0 Å². The van der Waals surface area contributed by atoms with Gasteiger partial charge in [-0.05, 0) is 60.5 Å². The molecule has 3 nitrogen and oxygen atoms in total. The Kier molecular flexibility index (Phi) is 8.05. The highest BCUT2D eigenvalue weighted by Gasteiger charge is 2.46. The summed E-state index contributed by atoms with van der Waals surface area (Å²) in [4.78, 5) is 11.9. The van der Waals surface area contributed by atoms with E-state index in [1.54, 1.807) is 0 Å². The summed E-state index contributed by atoms with van der Waals surface area (Å²) in [6.07, 6.45) is 7.92. The summed E-state index contributed by atoms with van der Waals surface area (Å²) in [6.45, 7) is -0.365. The van der Waals surface area contributed by atoms with Crippen LogP contribution in [0.5, 0.6) is 0 Å². The van der Waals surface area contributed by atoms with Gasteiger partial charge in [-0.1, -0.05) is 54.6 Å². The number of hydrogen-bond acceptors (Lipinski definition) is 3. The Morgan fingerprint density at radius 2 is 1.56 bits per heavy atom. The maximum absolute atomic E-state index is 12.6. The fraction of sp³-hybridized carbons (Fsp3) is 0.207.